The van der Waals surface area contributed by atoms with Crippen molar-refractivity contribution in [1.29, 1.82) is 0 Å². The molecule has 21 heavy (non-hydrogen) atoms. The van der Waals surface area contributed by atoms with E-state index in [0.717, 1.165) is 5.75 Å². The minimum absolute atomic E-state index is 0.0660. The van der Waals surface area contributed by atoms with E-state index in [2.05, 4.69) is 11.9 Å². The largest absolute Gasteiger partial charge is 0.494 e. The molecule has 114 valence electrons. The molecule has 0 heterocycles. The number of hydrogen-bond donors (Lipinski definition) is 1. The Morgan fingerprint density at radius 3 is 2.52 bits per heavy atom. The second-order valence-electron chi connectivity index (χ2n) is 4.51. The monoisotopic (exact) mass is 290 g/mol. The molecule has 0 aliphatic carbocycles. The quantitative estimate of drug-likeness (QED) is 0.748. The second-order valence-corrected chi connectivity index (χ2v) is 4.51. The lowest BCUT2D eigenvalue weighted by Crippen LogP contribution is -2.32. The van der Waals surface area contributed by atoms with Crippen LogP contribution in [0.1, 0.15) is 20.3 Å². The summed E-state index contributed by atoms with van der Waals surface area (Å²) in [5.41, 5.74) is 0.710. The summed E-state index contributed by atoms with van der Waals surface area (Å²) in [5, 5.41) is 2.79. The molecule has 0 spiro atoms. The summed E-state index contributed by atoms with van der Waals surface area (Å²) < 4.78 is 5.33. The first kappa shape index (κ1) is 16.8. The van der Waals surface area contributed by atoms with Crippen LogP contribution in [0.5, 0.6) is 5.75 Å². The summed E-state index contributed by atoms with van der Waals surface area (Å²) in [6, 6.07) is 7.18. The van der Waals surface area contributed by atoms with Crippen LogP contribution < -0.4 is 10.1 Å². The van der Waals surface area contributed by atoms with Gasteiger partial charge in [0.1, 0.15) is 5.75 Å². The van der Waals surface area contributed by atoms with Gasteiger partial charge in [0.05, 0.1) is 6.61 Å². The van der Waals surface area contributed by atoms with Gasteiger partial charge in [-0.15, -0.1) is 6.58 Å². The van der Waals surface area contributed by atoms with E-state index >= 15 is 0 Å². The van der Waals surface area contributed by atoms with Crippen LogP contribution in [-0.2, 0) is 9.59 Å². The molecule has 0 aromatic heterocycles. The predicted octanol–water partition coefficient (Wildman–Crippen LogP) is 2.45. The fourth-order valence-electron chi connectivity index (χ4n) is 1.79. The van der Waals surface area contributed by atoms with Crippen LogP contribution in [0.4, 0.5) is 5.69 Å². The number of carbonyl (C=O) groups excluding carboxylic acids is 2. The Morgan fingerprint density at radius 2 is 2.00 bits per heavy atom. The van der Waals surface area contributed by atoms with Crippen LogP contribution in [0.15, 0.2) is 36.9 Å². The Hall–Kier alpha value is -2.30. The highest BCUT2D eigenvalue weighted by Gasteiger charge is 2.09. The van der Waals surface area contributed by atoms with Gasteiger partial charge in [-0.2, -0.15) is 0 Å². The molecule has 1 rings (SSSR count). The maximum Gasteiger partial charge on any atom is 0.226 e. The third-order valence-corrected chi connectivity index (χ3v) is 2.85. The van der Waals surface area contributed by atoms with Crippen molar-refractivity contribution in [3.8, 4) is 5.75 Å². The Labute approximate surface area is 125 Å². The molecular weight excluding hydrogens is 268 g/mol. The van der Waals surface area contributed by atoms with E-state index in [1.807, 2.05) is 6.92 Å². The van der Waals surface area contributed by atoms with Gasteiger partial charge in [0, 0.05) is 32.1 Å². The van der Waals surface area contributed by atoms with Crippen molar-refractivity contribution < 1.29 is 14.3 Å². The van der Waals surface area contributed by atoms with Crippen LogP contribution in [-0.4, -0.2) is 36.4 Å². The fraction of sp³-hybridized carbons (Fsp3) is 0.375. The predicted molar refractivity (Wildman–Crippen MR) is 83.3 cm³/mol. The van der Waals surface area contributed by atoms with Gasteiger partial charge in [-0.05, 0) is 31.2 Å². The summed E-state index contributed by atoms with van der Waals surface area (Å²) in [4.78, 5) is 24.8. The zero-order valence-corrected chi connectivity index (χ0v) is 12.6. The Morgan fingerprint density at radius 1 is 1.33 bits per heavy atom. The van der Waals surface area contributed by atoms with E-state index < -0.39 is 0 Å². The molecule has 0 saturated carbocycles. The number of rotatable bonds is 8. The van der Waals surface area contributed by atoms with E-state index in [-0.39, 0.29) is 18.2 Å². The van der Waals surface area contributed by atoms with Gasteiger partial charge in [-0.3, -0.25) is 9.59 Å². The molecule has 2 amide bonds. The lowest BCUT2D eigenvalue weighted by Gasteiger charge is -2.18. The minimum atomic E-state index is -0.130. The first-order valence-electron chi connectivity index (χ1n) is 6.96. The molecule has 5 nitrogen and oxygen atoms in total. The van der Waals surface area contributed by atoms with Gasteiger partial charge in [0.2, 0.25) is 11.8 Å². The number of benzene rings is 1. The number of ether oxygens (including phenoxy) is 1. The molecule has 0 radical (unpaired) electrons. The van der Waals surface area contributed by atoms with Crippen LogP contribution in [0, 0.1) is 0 Å². The molecule has 0 aliphatic heterocycles. The summed E-state index contributed by atoms with van der Waals surface area (Å²) in [6.45, 7) is 8.43. The number of nitrogens with one attached hydrogen (secondary N) is 1. The maximum absolute atomic E-state index is 11.8. The molecule has 0 aliphatic rings. The van der Waals surface area contributed by atoms with E-state index in [9.17, 15) is 9.59 Å². The molecule has 0 atom stereocenters. The summed E-state index contributed by atoms with van der Waals surface area (Å²) in [5.74, 6) is 0.572. The highest BCUT2D eigenvalue weighted by Crippen LogP contribution is 2.15. The Bertz CT molecular complexity index is 483. The number of nitrogens with zero attached hydrogens (tertiary/aromatic N) is 1. The van der Waals surface area contributed by atoms with Gasteiger partial charge >= 0.3 is 0 Å². The SMILES string of the molecule is C=CCN(CCC(=O)Nc1ccc(OCC)cc1)C(C)=O. The van der Waals surface area contributed by atoms with Crippen molar-refractivity contribution in [2.45, 2.75) is 20.3 Å². The topological polar surface area (TPSA) is 58.6 Å². The van der Waals surface area contributed by atoms with Crippen molar-refractivity contribution in [1.82, 2.24) is 4.90 Å². The maximum atomic E-state index is 11.8. The molecule has 1 aromatic rings. The highest BCUT2D eigenvalue weighted by molar-refractivity contribution is 5.91. The Kier molecular flexibility index (Phi) is 7.01. The zero-order valence-electron chi connectivity index (χ0n) is 12.6. The summed E-state index contributed by atoms with van der Waals surface area (Å²) in [6.07, 6.45) is 1.90. The third kappa shape index (κ3) is 6.12. The van der Waals surface area contributed by atoms with E-state index in [4.69, 9.17) is 4.74 Å². The molecule has 0 bridgehead atoms. The van der Waals surface area contributed by atoms with Gasteiger partial charge in [-0.25, -0.2) is 0 Å². The van der Waals surface area contributed by atoms with Crippen molar-refractivity contribution in [2.75, 3.05) is 25.0 Å². The van der Waals surface area contributed by atoms with E-state index in [1.54, 1.807) is 35.2 Å². The van der Waals surface area contributed by atoms with Crippen LogP contribution >= 0.6 is 0 Å². The van der Waals surface area contributed by atoms with Crippen molar-refractivity contribution >= 4 is 17.5 Å². The summed E-state index contributed by atoms with van der Waals surface area (Å²) >= 11 is 0. The zero-order chi connectivity index (χ0) is 15.7. The fourth-order valence-corrected chi connectivity index (χ4v) is 1.79. The third-order valence-electron chi connectivity index (χ3n) is 2.85. The van der Waals surface area contributed by atoms with Crippen molar-refractivity contribution in [3.05, 3.63) is 36.9 Å². The smallest absolute Gasteiger partial charge is 0.226 e. The standard InChI is InChI=1S/C16H22N2O3/c1-4-11-18(13(3)19)12-10-16(20)17-14-6-8-15(9-7-14)21-5-2/h4,6-9H,1,5,10-12H2,2-3H3,(H,17,20). The Balaban J connectivity index is 2.45. The second kappa shape index (κ2) is 8.79. The molecule has 0 saturated heterocycles. The number of carbonyl (C=O) groups is 2. The highest BCUT2D eigenvalue weighted by atomic mass is 16.5. The molecule has 1 N–H and O–H groups in total. The van der Waals surface area contributed by atoms with E-state index in [0.29, 0.717) is 25.4 Å². The van der Waals surface area contributed by atoms with E-state index in [1.165, 1.54) is 6.92 Å². The molecule has 0 unspecified atom stereocenters. The van der Waals surface area contributed by atoms with Crippen LogP contribution in [0.2, 0.25) is 0 Å². The van der Waals surface area contributed by atoms with Gasteiger partial charge in [0.25, 0.3) is 0 Å². The number of hydrogen-bond acceptors (Lipinski definition) is 3. The number of amides is 2. The summed E-state index contributed by atoms with van der Waals surface area (Å²) in [7, 11) is 0. The van der Waals surface area contributed by atoms with Crippen LogP contribution in [0.25, 0.3) is 0 Å². The van der Waals surface area contributed by atoms with Crippen molar-refractivity contribution in [2.24, 2.45) is 0 Å². The normalized spacial score (nSPS) is 9.81. The first-order valence-corrected chi connectivity index (χ1v) is 6.96. The molecule has 0 fully saturated rings. The van der Waals surface area contributed by atoms with Crippen LogP contribution in [0.3, 0.4) is 0 Å². The lowest BCUT2D eigenvalue weighted by atomic mass is 10.3. The van der Waals surface area contributed by atoms with Gasteiger partial charge in [0.15, 0.2) is 0 Å². The number of anilines is 1. The average molecular weight is 290 g/mol. The average Bonchev–Trinajstić information content (AvgIpc) is 2.45. The molecule has 1 aromatic carbocycles. The molecular formula is C16H22N2O3. The minimum Gasteiger partial charge on any atom is -0.494 e. The van der Waals surface area contributed by atoms with Gasteiger partial charge in [-0.1, -0.05) is 6.08 Å². The first-order chi connectivity index (χ1) is 10.1. The van der Waals surface area contributed by atoms with Crippen molar-refractivity contribution in [3.63, 3.8) is 0 Å². The van der Waals surface area contributed by atoms with Gasteiger partial charge < -0.3 is 15.0 Å². The lowest BCUT2D eigenvalue weighted by molar-refractivity contribution is -0.128. The molecule has 5 heteroatoms.